The van der Waals surface area contributed by atoms with E-state index in [1.165, 1.54) is 6.33 Å². The van der Waals surface area contributed by atoms with Crippen LogP contribution in [-0.2, 0) is 0 Å². The Labute approximate surface area is 115 Å². The predicted molar refractivity (Wildman–Crippen MR) is 78.9 cm³/mol. The van der Waals surface area contributed by atoms with Gasteiger partial charge in [-0.2, -0.15) is 5.10 Å². The molecule has 0 aliphatic heterocycles. The first-order chi connectivity index (χ1) is 9.83. The highest BCUT2D eigenvalue weighted by Gasteiger charge is 2.00. The second-order valence-electron chi connectivity index (χ2n) is 4.20. The number of para-hydroxylation sites is 1. The van der Waals surface area contributed by atoms with Crippen molar-refractivity contribution in [3.63, 3.8) is 0 Å². The van der Waals surface area contributed by atoms with Crippen molar-refractivity contribution in [1.29, 1.82) is 0 Å². The van der Waals surface area contributed by atoms with Crippen molar-refractivity contribution in [2.24, 2.45) is 5.10 Å². The molecule has 0 radical (unpaired) electrons. The van der Waals surface area contributed by atoms with E-state index in [9.17, 15) is 5.11 Å². The molecule has 5 heteroatoms. The third-order valence-electron chi connectivity index (χ3n) is 2.80. The van der Waals surface area contributed by atoms with Gasteiger partial charge in [-0.3, -0.25) is 5.43 Å². The first-order valence-corrected chi connectivity index (χ1v) is 6.11. The molecular weight excluding hydrogens is 252 g/mol. The van der Waals surface area contributed by atoms with Crippen LogP contribution in [0.15, 0.2) is 60.0 Å². The van der Waals surface area contributed by atoms with Crippen molar-refractivity contribution in [2.45, 2.75) is 0 Å². The number of hydrazone groups is 1. The van der Waals surface area contributed by atoms with E-state index < -0.39 is 0 Å². The third-order valence-corrected chi connectivity index (χ3v) is 2.80. The summed E-state index contributed by atoms with van der Waals surface area (Å²) in [6.07, 6.45) is 3.12. The maximum absolute atomic E-state index is 9.37. The standard InChI is InChI=1S/C15H12N4O/c20-12-5-3-4-11(8-12)9-18-19-15-13-6-1-2-7-14(13)16-10-17-15/h1-10,20H,(H,16,17,19)/b18-9-. The highest BCUT2D eigenvalue weighted by atomic mass is 16.3. The van der Waals surface area contributed by atoms with Crippen molar-refractivity contribution < 1.29 is 5.11 Å². The van der Waals surface area contributed by atoms with Crippen LogP contribution in [0.25, 0.3) is 10.9 Å². The lowest BCUT2D eigenvalue weighted by Gasteiger charge is -2.03. The smallest absolute Gasteiger partial charge is 0.157 e. The summed E-state index contributed by atoms with van der Waals surface area (Å²) in [6.45, 7) is 0. The normalized spacial score (nSPS) is 11.0. The number of nitrogens with zero attached hydrogens (tertiary/aromatic N) is 3. The predicted octanol–water partition coefficient (Wildman–Crippen LogP) is 2.78. The summed E-state index contributed by atoms with van der Waals surface area (Å²) in [4.78, 5) is 8.35. The molecule has 0 fully saturated rings. The fourth-order valence-corrected chi connectivity index (χ4v) is 1.87. The first-order valence-electron chi connectivity index (χ1n) is 6.11. The highest BCUT2D eigenvalue weighted by Crippen LogP contribution is 2.18. The second-order valence-corrected chi connectivity index (χ2v) is 4.20. The van der Waals surface area contributed by atoms with Crippen molar-refractivity contribution in [3.05, 3.63) is 60.4 Å². The Balaban J connectivity index is 1.84. The number of phenolic OH excluding ortho intramolecular Hbond substituents is 1. The van der Waals surface area contributed by atoms with Crippen LogP contribution in [0.1, 0.15) is 5.56 Å². The van der Waals surface area contributed by atoms with Crippen LogP contribution in [0.3, 0.4) is 0 Å². The SMILES string of the molecule is Oc1cccc(/C=N\Nc2ncnc3ccccc23)c1. The zero-order valence-electron chi connectivity index (χ0n) is 10.6. The molecule has 2 aromatic carbocycles. The van der Waals surface area contributed by atoms with Crippen LogP contribution < -0.4 is 5.43 Å². The molecule has 2 N–H and O–H groups in total. The average Bonchev–Trinajstić information content (AvgIpc) is 2.48. The molecule has 3 aromatic rings. The summed E-state index contributed by atoms with van der Waals surface area (Å²) >= 11 is 0. The molecule has 0 bridgehead atoms. The Morgan fingerprint density at radius 1 is 1.05 bits per heavy atom. The molecule has 0 saturated carbocycles. The number of phenols is 1. The van der Waals surface area contributed by atoms with Crippen LogP contribution in [0.4, 0.5) is 5.82 Å². The van der Waals surface area contributed by atoms with Gasteiger partial charge in [0.25, 0.3) is 0 Å². The lowest BCUT2D eigenvalue weighted by molar-refractivity contribution is 0.475. The van der Waals surface area contributed by atoms with Gasteiger partial charge in [0, 0.05) is 5.39 Å². The van der Waals surface area contributed by atoms with Crippen LogP contribution in [0.5, 0.6) is 5.75 Å². The Morgan fingerprint density at radius 3 is 2.85 bits per heavy atom. The van der Waals surface area contributed by atoms with Crippen molar-refractivity contribution in [1.82, 2.24) is 9.97 Å². The van der Waals surface area contributed by atoms with Crippen molar-refractivity contribution in [3.8, 4) is 5.75 Å². The van der Waals surface area contributed by atoms with Gasteiger partial charge >= 0.3 is 0 Å². The summed E-state index contributed by atoms with van der Waals surface area (Å²) in [5.74, 6) is 0.855. The van der Waals surface area contributed by atoms with Gasteiger partial charge in [0.15, 0.2) is 5.82 Å². The molecule has 20 heavy (non-hydrogen) atoms. The molecule has 0 aliphatic rings. The molecule has 0 aliphatic carbocycles. The Bertz CT molecular complexity index is 765. The minimum atomic E-state index is 0.210. The molecule has 3 rings (SSSR count). The fraction of sp³-hybridized carbons (Fsp3) is 0. The number of benzene rings is 2. The minimum Gasteiger partial charge on any atom is -0.508 e. The molecule has 0 unspecified atom stereocenters. The van der Waals surface area contributed by atoms with Crippen molar-refractivity contribution >= 4 is 22.9 Å². The number of aromatic nitrogens is 2. The van der Waals surface area contributed by atoms with Gasteiger partial charge in [0.1, 0.15) is 12.1 Å². The molecule has 5 nitrogen and oxygen atoms in total. The van der Waals surface area contributed by atoms with Gasteiger partial charge in [-0.05, 0) is 29.8 Å². The van der Waals surface area contributed by atoms with Crippen LogP contribution in [0.2, 0.25) is 0 Å². The average molecular weight is 264 g/mol. The Morgan fingerprint density at radius 2 is 1.95 bits per heavy atom. The third kappa shape index (κ3) is 2.56. The highest BCUT2D eigenvalue weighted by molar-refractivity contribution is 5.89. The summed E-state index contributed by atoms with van der Waals surface area (Å²) in [5.41, 5.74) is 4.55. The monoisotopic (exact) mass is 264 g/mol. The van der Waals surface area contributed by atoms with E-state index in [4.69, 9.17) is 0 Å². The van der Waals surface area contributed by atoms with E-state index in [1.807, 2.05) is 30.3 Å². The first kappa shape index (κ1) is 12.1. The quantitative estimate of drug-likeness (QED) is 0.563. The van der Waals surface area contributed by atoms with E-state index in [0.29, 0.717) is 5.82 Å². The second kappa shape index (κ2) is 5.36. The van der Waals surface area contributed by atoms with E-state index >= 15 is 0 Å². The molecule has 1 heterocycles. The number of nitrogens with one attached hydrogen (secondary N) is 1. The summed E-state index contributed by atoms with van der Waals surface area (Å²) in [6, 6.07) is 14.6. The van der Waals surface area contributed by atoms with Crippen LogP contribution in [0, 0.1) is 0 Å². The number of anilines is 1. The summed E-state index contributed by atoms with van der Waals surface area (Å²) in [5, 5.41) is 14.4. The van der Waals surface area contributed by atoms with Gasteiger partial charge in [0.05, 0.1) is 11.7 Å². The van der Waals surface area contributed by atoms with Gasteiger partial charge in [-0.15, -0.1) is 0 Å². The van der Waals surface area contributed by atoms with Gasteiger partial charge in [-0.25, -0.2) is 9.97 Å². The molecule has 0 amide bonds. The van der Waals surface area contributed by atoms with E-state index in [2.05, 4.69) is 20.5 Å². The van der Waals surface area contributed by atoms with Gasteiger partial charge in [-0.1, -0.05) is 24.3 Å². The maximum atomic E-state index is 9.37. The molecule has 1 aromatic heterocycles. The van der Waals surface area contributed by atoms with E-state index in [1.54, 1.807) is 24.4 Å². The largest absolute Gasteiger partial charge is 0.508 e. The Hall–Kier alpha value is -2.95. The number of fused-ring (bicyclic) bond motifs is 1. The van der Waals surface area contributed by atoms with Crippen LogP contribution >= 0.6 is 0 Å². The molecule has 0 saturated heterocycles. The van der Waals surface area contributed by atoms with Crippen LogP contribution in [-0.4, -0.2) is 21.3 Å². The zero-order chi connectivity index (χ0) is 13.8. The summed E-state index contributed by atoms with van der Waals surface area (Å²) in [7, 11) is 0. The number of aromatic hydroxyl groups is 1. The lowest BCUT2D eigenvalue weighted by Crippen LogP contribution is -1.95. The maximum Gasteiger partial charge on any atom is 0.157 e. The fourth-order valence-electron chi connectivity index (χ4n) is 1.87. The Kier molecular flexibility index (Phi) is 3.24. The summed E-state index contributed by atoms with van der Waals surface area (Å²) < 4.78 is 0. The number of rotatable bonds is 3. The zero-order valence-corrected chi connectivity index (χ0v) is 10.6. The molecule has 0 spiro atoms. The molecule has 0 atom stereocenters. The number of hydrogen-bond acceptors (Lipinski definition) is 5. The minimum absolute atomic E-state index is 0.210. The molecular formula is C15H12N4O. The van der Waals surface area contributed by atoms with Gasteiger partial charge in [0.2, 0.25) is 0 Å². The van der Waals surface area contributed by atoms with Crippen molar-refractivity contribution in [2.75, 3.05) is 5.43 Å². The topological polar surface area (TPSA) is 70.4 Å². The number of hydrogen-bond donors (Lipinski definition) is 2. The molecule has 98 valence electrons. The lowest BCUT2D eigenvalue weighted by atomic mass is 10.2. The van der Waals surface area contributed by atoms with E-state index in [-0.39, 0.29) is 5.75 Å². The van der Waals surface area contributed by atoms with Gasteiger partial charge < -0.3 is 5.11 Å². The van der Waals surface area contributed by atoms with E-state index in [0.717, 1.165) is 16.5 Å².